The summed E-state index contributed by atoms with van der Waals surface area (Å²) in [6.07, 6.45) is 1.34. The molecule has 7 heteroatoms. The molecular weight excluding hydrogens is 320 g/mol. The summed E-state index contributed by atoms with van der Waals surface area (Å²) in [6.45, 7) is 7.19. The van der Waals surface area contributed by atoms with E-state index in [4.69, 9.17) is 14.9 Å². The lowest BCUT2D eigenvalue weighted by atomic mass is 10.1. The Morgan fingerprint density at radius 3 is 2.56 bits per heavy atom. The van der Waals surface area contributed by atoms with E-state index >= 15 is 0 Å². The lowest BCUT2D eigenvalue weighted by Gasteiger charge is -2.28. The van der Waals surface area contributed by atoms with Gasteiger partial charge < -0.3 is 25.1 Å². The minimum absolute atomic E-state index is 0.183. The number of rotatable bonds is 5. The average molecular weight is 344 g/mol. The van der Waals surface area contributed by atoms with Gasteiger partial charge in [-0.2, -0.15) is 0 Å². The van der Waals surface area contributed by atoms with E-state index in [0.717, 1.165) is 32.0 Å². The minimum Gasteiger partial charge on any atom is -0.446 e. The molecule has 1 amide bonds. The molecule has 7 nitrogen and oxygen atoms in total. The van der Waals surface area contributed by atoms with E-state index in [2.05, 4.69) is 15.2 Å². The summed E-state index contributed by atoms with van der Waals surface area (Å²) in [5.41, 5.74) is 8.04. The summed E-state index contributed by atoms with van der Waals surface area (Å²) in [4.78, 5) is 18.8. The summed E-state index contributed by atoms with van der Waals surface area (Å²) < 4.78 is 10.7. The molecule has 2 aromatic rings. The largest absolute Gasteiger partial charge is 0.446 e. The van der Waals surface area contributed by atoms with Crippen LogP contribution in [0.4, 0.5) is 11.4 Å². The Hall–Kier alpha value is -2.38. The summed E-state index contributed by atoms with van der Waals surface area (Å²) in [5, 5.41) is 2.82. The molecule has 2 heterocycles. The van der Waals surface area contributed by atoms with Crippen molar-refractivity contribution in [3.63, 3.8) is 0 Å². The van der Waals surface area contributed by atoms with Crippen LogP contribution in [0.15, 0.2) is 34.9 Å². The maximum Gasteiger partial charge on any atom is 0.277 e. The van der Waals surface area contributed by atoms with Crippen molar-refractivity contribution in [2.24, 2.45) is 11.7 Å². The van der Waals surface area contributed by atoms with Crippen LogP contribution in [0, 0.1) is 5.92 Å². The number of ether oxygens (including phenoxy) is 1. The zero-order chi connectivity index (χ0) is 17.8. The first-order chi connectivity index (χ1) is 12.0. The molecule has 1 aromatic carbocycles. The smallest absolute Gasteiger partial charge is 0.277 e. The summed E-state index contributed by atoms with van der Waals surface area (Å²) >= 11 is 0. The third-order valence-electron chi connectivity index (χ3n) is 4.26. The van der Waals surface area contributed by atoms with Gasteiger partial charge >= 0.3 is 0 Å². The Labute approximate surface area is 147 Å². The Morgan fingerprint density at radius 2 is 1.92 bits per heavy atom. The number of nitrogens with zero attached hydrogens (tertiary/aromatic N) is 2. The predicted octanol–water partition coefficient (Wildman–Crippen LogP) is 2.42. The predicted molar refractivity (Wildman–Crippen MR) is 95.7 cm³/mol. The van der Waals surface area contributed by atoms with E-state index in [1.165, 1.54) is 6.26 Å². The second kappa shape index (κ2) is 7.67. The van der Waals surface area contributed by atoms with Crippen LogP contribution in [-0.4, -0.2) is 37.2 Å². The molecule has 1 aliphatic rings. The number of nitrogens with one attached hydrogen (secondary N) is 1. The fourth-order valence-corrected chi connectivity index (χ4v) is 2.60. The summed E-state index contributed by atoms with van der Waals surface area (Å²) in [5.74, 6) is 0.246. The van der Waals surface area contributed by atoms with E-state index in [1.807, 2.05) is 38.1 Å². The highest BCUT2D eigenvalue weighted by Crippen LogP contribution is 2.21. The number of anilines is 2. The topological polar surface area (TPSA) is 93.6 Å². The monoisotopic (exact) mass is 344 g/mol. The highest BCUT2D eigenvalue weighted by atomic mass is 16.5. The van der Waals surface area contributed by atoms with Gasteiger partial charge in [0.15, 0.2) is 5.69 Å². The molecule has 25 heavy (non-hydrogen) atoms. The van der Waals surface area contributed by atoms with Crippen molar-refractivity contribution in [2.45, 2.75) is 19.9 Å². The van der Waals surface area contributed by atoms with Crippen LogP contribution in [0.3, 0.4) is 0 Å². The molecule has 0 spiro atoms. The highest BCUT2D eigenvalue weighted by molar-refractivity contribution is 6.02. The lowest BCUT2D eigenvalue weighted by Crippen LogP contribution is -2.36. The highest BCUT2D eigenvalue weighted by Gasteiger charge is 2.19. The molecule has 1 saturated heterocycles. The van der Waals surface area contributed by atoms with E-state index in [1.54, 1.807) is 0 Å². The SMILES string of the molecule is CC(C)C(N)c1nc(C(=O)Nc2ccc(N3CCOCC3)cc2)co1. The van der Waals surface area contributed by atoms with Crippen molar-refractivity contribution < 1.29 is 13.9 Å². The molecule has 1 fully saturated rings. The van der Waals surface area contributed by atoms with E-state index in [9.17, 15) is 4.79 Å². The van der Waals surface area contributed by atoms with Gasteiger partial charge in [0.05, 0.1) is 19.3 Å². The first-order valence-corrected chi connectivity index (χ1v) is 8.49. The van der Waals surface area contributed by atoms with Gasteiger partial charge in [-0.1, -0.05) is 13.8 Å². The van der Waals surface area contributed by atoms with Gasteiger partial charge in [-0.25, -0.2) is 4.98 Å². The maximum atomic E-state index is 12.3. The Bertz CT molecular complexity index is 705. The van der Waals surface area contributed by atoms with Crippen LogP contribution in [-0.2, 0) is 4.74 Å². The molecule has 0 radical (unpaired) electrons. The number of nitrogens with two attached hydrogens (primary N) is 1. The maximum absolute atomic E-state index is 12.3. The second-order valence-electron chi connectivity index (χ2n) is 6.44. The minimum atomic E-state index is -0.325. The van der Waals surface area contributed by atoms with Gasteiger partial charge in [-0.05, 0) is 30.2 Å². The van der Waals surface area contributed by atoms with E-state index < -0.39 is 0 Å². The number of hydrogen-bond acceptors (Lipinski definition) is 6. The first kappa shape index (κ1) is 17.4. The number of carbonyl (C=O) groups is 1. The standard InChI is InChI=1S/C18H24N4O3/c1-12(2)16(19)18-21-15(11-25-18)17(23)20-13-3-5-14(6-4-13)22-7-9-24-10-8-22/h3-6,11-12,16H,7-10,19H2,1-2H3,(H,20,23). The number of morpholine rings is 1. The van der Waals surface area contributed by atoms with Crippen LogP contribution >= 0.6 is 0 Å². The second-order valence-corrected chi connectivity index (χ2v) is 6.44. The zero-order valence-corrected chi connectivity index (χ0v) is 14.6. The summed E-state index contributed by atoms with van der Waals surface area (Å²) in [7, 11) is 0. The number of carbonyl (C=O) groups excluding carboxylic acids is 1. The van der Waals surface area contributed by atoms with Gasteiger partial charge in [0.25, 0.3) is 5.91 Å². The number of oxazole rings is 1. The average Bonchev–Trinajstić information content (AvgIpc) is 3.12. The third-order valence-corrected chi connectivity index (χ3v) is 4.26. The Balaban J connectivity index is 1.63. The van der Waals surface area contributed by atoms with Crippen molar-refractivity contribution in [1.82, 2.24) is 4.98 Å². The lowest BCUT2D eigenvalue weighted by molar-refractivity contribution is 0.102. The normalized spacial score (nSPS) is 16.1. The van der Waals surface area contributed by atoms with Crippen molar-refractivity contribution in [3.8, 4) is 0 Å². The molecule has 1 aliphatic heterocycles. The van der Waals surface area contributed by atoms with Gasteiger partial charge in [-0.15, -0.1) is 0 Å². The fourth-order valence-electron chi connectivity index (χ4n) is 2.60. The zero-order valence-electron chi connectivity index (χ0n) is 14.6. The number of hydrogen-bond donors (Lipinski definition) is 2. The van der Waals surface area contributed by atoms with Crippen LogP contribution in [0.1, 0.15) is 36.3 Å². The fraction of sp³-hybridized carbons (Fsp3) is 0.444. The molecule has 0 aliphatic carbocycles. The molecule has 0 bridgehead atoms. The molecular formula is C18H24N4O3. The molecule has 1 unspecified atom stereocenters. The molecule has 0 saturated carbocycles. The molecule has 134 valence electrons. The van der Waals surface area contributed by atoms with Crippen LogP contribution < -0.4 is 16.0 Å². The Kier molecular flexibility index (Phi) is 5.35. The Morgan fingerprint density at radius 1 is 1.24 bits per heavy atom. The van der Waals surface area contributed by atoms with Gasteiger partial charge in [0.2, 0.25) is 5.89 Å². The van der Waals surface area contributed by atoms with Crippen molar-refractivity contribution in [3.05, 3.63) is 42.1 Å². The molecule has 3 N–H and O–H groups in total. The number of benzene rings is 1. The number of aromatic nitrogens is 1. The van der Waals surface area contributed by atoms with Crippen molar-refractivity contribution >= 4 is 17.3 Å². The van der Waals surface area contributed by atoms with E-state index in [0.29, 0.717) is 11.6 Å². The van der Waals surface area contributed by atoms with Crippen LogP contribution in [0.2, 0.25) is 0 Å². The quantitative estimate of drug-likeness (QED) is 0.865. The first-order valence-electron chi connectivity index (χ1n) is 8.49. The summed E-state index contributed by atoms with van der Waals surface area (Å²) in [6, 6.07) is 7.41. The molecule has 1 aromatic heterocycles. The van der Waals surface area contributed by atoms with Crippen molar-refractivity contribution in [1.29, 1.82) is 0 Å². The van der Waals surface area contributed by atoms with E-state index in [-0.39, 0.29) is 23.6 Å². The number of amides is 1. The van der Waals surface area contributed by atoms with Gasteiger partial charge in [0, 0.05) is 24.5 Å². The van der Waals surface area contributed by atoms with Gasteiger partial charge in [-0.3, -0.25) is 4.79 Å². The molecule has 3 rings (SSSR count). The van der Waals surface area contributed by atoms with Gasteiger partial charge in [0.1, 0.15) is 6.26 Å². The van der Waals surface area contributed by atoms with Crippen LogP contribution in [0.25, 0.3) is 0 Å². The van der Waals surface area contributed by atoms with Crippen molar-refractivity contribution in [2.75, 3.05) is 36.5 Å². The molecule has 1 atom stereocenters. The van der Waals surface area contributed by atoms with Crippen LogP contribution in [0.5, 0.6) is 0 Å². The third kappa shape index (κ3) is 4.18.